The average molecular weight is 308 g/mol. The number of aliphatic hydroxyl groups is 1. The Bertz CT molecular complexity index is 665. The molecule has 0 aromatic heterocycles. The van der Waals surface area contributed by atoms with E-state index in [2.05, 4.69) is 68.2 Å². The first kappa shape index (κ1) is 16.5. The normalized spacial score (nSPS) is 10.9. The lowest BCUT2D eigenvalue weighted by Gasteiger charge is -2.22. The molecule has 0 aliphatic rings. The molecule has 0 saturated carbocycles. The highest BCUT2D eigenvalue weighted by atomic mass is 28.3. The van der Waals surface area contributed by atoms with Crippen molar-refractivity contribution in [3.8, 4) is 0 Å². The molecule has 2 aromatic carbocycles. The maximum atomic E-state index is 9.68. The number of hydrogen-bond acceptors (Lipinski definition) is 1. The molecule has 0 fully saturated rings. The number of hydrogen-bond donors (Lipinski definition) is 1. The number of rotatable bonds is 5. The van der Waals surface area contributed by atoms with Crippen molar-refractivity contribution in [1.82, 2.24) is 0 Å². The summed E-state index contributed by atoms with van der Waals surface area (Å²) in [6.45, 7) is 6.88. The lowest BCUT2D eigenvalue weighted by Crippen LogP contribution is -2.42. The van der Waals surface area contributed by atoms with Gasteiger partial charge < -0.3 is 5.11 Å². The Balaban J connectivity index is 2.34. The van der Waals surface area contributed by atoms with Crippen molar-refractivity contribution in [3.63, 3.8) is 0 Å². The molecule has 0 radical (unpaired) electrons. The standard InChI is InChI=1S/C20H24OSi/c1-17(22(2,3)20-12-8-5-9-13-20)14-19(16-21)15-18-10-6-4-7-11-18/h4-13,21H,15-16H2,1-3H3. The SMILES string of the molecule is CC(=C=C(CO)Cc1ccccc1)[Si](C)(C)c1ccccc1. The van der Waals surface area contributed by atoms with Crippen molar-refractivity contribution in [2.45, 2.75) is 26.4 Å². The van der Waals surface area contributed by atoms with Gasteiger partial charge >= 0.3 is 0 Å². The quantitative estimate of drug-likeness (QED) is 0.657. The van der Waals surface area contributed by atoms with Gasteiger partial charge in [0.1, 0.15) is 8.07 Å². The second-order valence-electron chi connectivity index (χ2n) is 6.17. The zero-order valence-electron chi connectivity index (χ0n) is 13.6. The van der Waals surface area contributed by atoms with Crippen LogP contribution in [0.5, 0.6) is 0 Å². The van der Waals surface area contributed by atoms with E-state index in [0.29, 0.717) is 0 Å². The highest BCUT2D eigenvalue weighted by Crippen LogP contribution is 2.15. The van der Waals surface area contributed by atoms with Crippen molar-refractivity contribution in [1.29, 1.82) is 0 Å². The van der Waals surface area contributed by atoms with Crippen molar-refractivity contribution in [2.24, 2.45) is 0 Å². The second-order valence-corrected chi connectivity index (χ2v) is 10.7. The summed E-state index contributed by atoms with van der Waals surface area (Å²) in [4.78, 5) is 0. The summed E-state index contributed by atoms with van der Waals surface area (Å²) in [6, 6.07) is 20.9. The van der Waals surface area contributed by atoms with Gasteiger partial charge in [-0.2, -0.15) is 0 Å². The average Bonchev–Trinajstić information content (AvgIpc) is 2.55. The predicted octanol–water partition coefficient (Wildman–Crippen LogP) is 3.85. The molecule has 0 saturated heterocycles. The van der Waals surface area contributed by atoms with Gasteiger partial charge in [0.25, 0.3) is 0 Å². The third-order valence-electron chi connectivity index (χ3n) is 4.25. The van der Waals surface area contributed by atoms with E-state index in [9.17, 15) is 5.11 Å². The molecule has 0 amide bonds. The van der Waals surface area contributed by atoms with E-state index in [0.717, 1.165) is 12.0 Å². The van der Waals surface area contributed by atoms with E-state index in [1.807, 2.05) is 18.2 Å². The molecule has 1 N–H and O–H groups in total. The molecule has 0 bridgehead atoms. The first-order valence-electron chi connectivity index (χ1n) is 7.70. The summed E-state index contributed by atoms with van der Waals surface area (Å²) in [6.07, 6.45) is 0.758. The van der Waals surface area contributed by atoms with E-state index in [1.165, 1.54) is 15.9 Å². The van der Waals surface area contributed by atoms with Crippen LogP contribution in [0, 0.1) is 0 Å². The Morgan fingerprint density at radius 2 is 1.50 bits per heavy atom. The van der Waals surface area contributed by atoms with Crippen molar-refractivity contribution in [3.05, 3.63) is 82.7 Å². The monoisotopic (exact) mass is 308 g/mol. The Morgan fingerprint density at radius 1 is 0.955 bits per heavy atom. The van der Waals surface area contributed by atoms with Gasteiger partial charge in [-0.3, -0.25) is 0 Å². The molecule has 0 aliphatic carbocycles. The largest absolute Gasteiger partial charge is 0.391 e. The zero-order chi connectivity index (χ0) is 16.0. The van der Waals surface area contributed by atoms with E-state index in [1.54, 1.807) is 0 Å². The maximum Gasteiger partial charge on any atom is 0.116 e. The number of benzene rings is 2. The van der Waals surface area contributed by atoms with Crippen LogP contribution in [0.3, 0.4) is 0 Å². The van der Waals surface area contributed by atoms with Gasteiger partial charge in [-0.05, 0) is 17.7 Å². The molecule has 0 spiro atoms. The van der Waals surface area contributed by atoms with Crippen LogP contribution in [0.25, 0.3) is 0 Å². The van der Waals surface area contributed by atoms with Crippen LogP contribution >= 0.6 is 0 Å². The highest BCUT2D eigenvalue weighted by molar-refractivity contribution is 6.95. The topological polar surface area (TPSA) is 20.2 Å². The van der Waals surface area contributed by atoms with E-state index in [-0.39, 0.29) is 6.61 Å². The molecule has 2 heteroatoms. The molecular weight excluding hydrogens is 284 g/mol. The molecule has 0 unspecified atom stereocenters. The zero-order valence-corrected chi connectivity index (χ0v) is 14.6. The van der Waals surface area contributed by atoms with Crippen molar-refractivity contribution >= 4 is 13.3 Å². The van der Waals surface area contributed by atoms with Gasteiger partial charge in [-0.15, -0.1) is 5.73 Å². The Kier molecular flexibility index (Phi) is 5.56. The molecular formula is C20H24OSi. The summed E-state index contributed by atoms with van der Waals surface area (Å²) in [5, 5.41) is 12.4. The van der Waals surface area contributed by atoms with Crippen LogP contribution in [-0.2, 0) is 6.42 Å². The molecule has 1 nitrogen and oxygen atoms in total. The molecule has 0 aliphatic heterocycles. The predicted molar refractivity (Wildman–Crippen MR) is 97.0 cm³/mol. The molecule has 0 heterocycles. The molecule has 2 rings (SSSR count). The van der Waals surface area contributed by atoms with Crippen LogP contribution in [0.4, 0.5) is 0 Å². The van der Waals surface area contributed by atoms with Gasteiger partial charge in [0, 0.05) is 12.0 Å². The maximum absolute atomic E-state index is 9.68. The smallest absolute Gasteiger partial charge is 0.116 e. The summed E-state index contributed by atoms with van der Waals surface area (Å²) in [5.74, 6) is 0. The fourth-order valence-electron chi connectivity index (χ4n) is 2.47. The second kappa shape index (κ2) is 7.41. The Hall–Kier alpha value is -1.86. The third kappa shape index (κ3) is 4.08. The van der Waals surface area contributed by atoms with Gasteiger partial charge in [0.2, 0.25) is 0 Å². The minimum absolute atomic E-state index is 0.0610. The summed E-state index contributed by atoms with van der Waals surface area (Å²) < 4.78 is 0. The van der Waals surface area contributed by atoms with Crippen LogP contribution in [0.15, 0.2) is 77.2 Å². The molecule has 2 aromatic rings. The fraction of sp³-hybridized carbons (Fsp3) is 0.250. The summed E-state index contributed by atoms with van der Waals surface area (Å²) >= 11 is 0. The van der Waals surface area contributed by atoms with Crippen molar-refractivity contribution < 1.29 is 5.11 Å². The lowest BCUT2D eigenvalue weighted by atomic mass is 10.1. The van der Waals surface area contributed by atoms with E-state index >= 15 is 0 Å². The third-order valence-corrected chi connectivity index (χ3v) is 8.03. The van der Waals surface area contributed by atoms with Gasteiger partial charge in [-0.25, -0.2) is 0 Å². The first-order chi connectivity index (χ1) is 10.5. The van der Waals surface area contributed by atoms with E-state index < -0.39 is 8.07 Å². The van der Waals surface area contributed by atoms with Crippen LogP contribution in [0.2, 0.25) is 13.1 Å². The minimum atomic E-state index is -1.71. The fourth-order valence-corrected chi connectivity index (χ4v) is 4.42. The molecule has 0 atom stereocenters. The summed E-state index contributed by atoms with van der Waals surface area (Å²) in [5.41, 5.74) is 5.67. The Morgan fingerprint density at radius 3 is 2.05 bits per heavy atom. The van der Waals surface area contributed by atoms with Gasteiger partial charge in [0.05, 0.1) is 6.61 Å². The summed E-state index contributed by atoms with van der Waals surface area (Å²) in [7, 11) is -1.71. The lowest BCUT2D eigenvalue weighted by molar-refractivity contribution is 0.328. The highest BCUT2D eigenvalue weighted by Gasteiger charge is 2.25. The van der Waals surface area contributed by atoms with Crippen LogP contribution in [-0.4, -0.2) is 19.8 Å². The van der Waals surface area contributed by atoms with Crippen LogP contribution in [0.1, 0.15) is 12.5 Å². The van der Waals surface area contributed by atoms with Gasteiger partial charge in [-0.1, -0.05) is 78.9 Å². The molecule has 114 valence electrons. The minimum Gasteiger partial charge on any atom is -0.391 e. The Labute approximate surface area is 134 Å². The van der Waals surface area contributed by atoms with Crippen LogP contribution < -0.4 is 5.19 Å². The number of aliphatic hydroxyl groups excluding tert-OH is 1. The first-order valence-corrected chi connectivity index (χ1v) is 10.7. The van der Waals surface area contributed by atoms with E-state index in [4.69, 9.17) is 0 Å². The molecule has 22 heavy (non-hydrogen) atoms. The van der Waals surface area contributed by atoms with Crippen molar-refractivity contribution in [2.75, 3.05) is 6.61 Å². The van der Waals surface area contributed by atoms with Gasteiger partial charge in [0.15, 0.2) is 0 Å².